The largest absolute Gasteiger partial charge is 0.392 e. The van der Waals surface area contributed by atoms with Gasteiger partial charge in [0.25, 0.3) is 0 Å². The van der Waals surface area contributed by atoms with Crippen LogP contribution in [0.2, 0.25) is 0 Å². The summed E-state index contributed by atoms with van der Waals surface area (Å²) in [5, 5.41) is 9.03. The van der Waals surface area contributed by atoms with E-state index in [4.69, 9.17) is 5.11 Å². The van der Waals surface area contributed by atoms with Crippen molar-refractivity contribution in [1.82, 2.24) is 4.90 Å². The molecule has 1 amide bonds. The molecule has 1 aliphatic rings. The standard InChI is InChI=1S/C16H23NO2S/c1-13(16(19)17-9-3-2-4-10-17)20-12-15-7-5-14(11-18)6-8-15/h5-8,13,18H,2-4,9-12H2,1H3. The van der Waals surface area contributed by atoms with Crippen molar-refractivity contribution in [3.8, 4) is 0 Å². The van der Waals surface area contributed by atoms with E-state index in [1.165, 1.54) is 12.0 Å². The Morgan fingerprint density at radius 2 is 1.80 bits per heavy atom. The predicted octanol–water partition coefficient (Wildman–Crippen LogP) is 2.81. The van der Waals surface area contributed by atoms with Gasteiger partial charge in [0.1, 0.15) is 0 Å². The second-order valence-electron chi connectivity index (χ2n) is 5.31. The van der Waals surface area contributed by atoms with Gasteiger partial charge in [-0.1, -0.05) is 24.3 Å². The lowest BCUT2D eigenvalue weighted by molar-refractivity contribution is -0.131. The monoisotopic (exact) mass is 293 g/mol. The molecule has 1 aromatic carbocycles. The van der Waals surface area contributed by atoms with E-state index in [0.717, 1.165) is 37.2 Å². The Balaban J connectivity index is 1.81. The molecule has 1 heterocycles. The van der Waals surface area contributed by atoms with Gasteiger partial charge >= 0.3 is 0 Å². The number of likely N-dealkylation sites (tertiary alicyclic amines) is 1. The minimum Gasteiger partial charge on any atom is -0.392 e. The van der Waals surface area contributed by atoms with Crippen molar-refractivity contribution in [2.24, 2.45) is 0 Å². The van der Waals surface area contributed by atoms with Gasteiger partial charge < -0.3 is 10.0 Å². The third-order valence-corrected chi connectivity index (χ3v) is 4.92. The van der Waals surface area contributed by atoms with Crippen LogP contribution >= 0.6 is 11.8 Å². The number of carbonyl (C=O) groups is 1. The first-order valence-corrected chi connectivity index (χ1v) is 8.34. The Labute approximate surface area is 125 Å². The second kappa shape index (κ2) is 7.70. The molecule has 1 unspecified atom stereocenters. The summed E-state index contributed by atoms with van der Waals surface area (Å²) in [4.78, 5) is 14.3. The van der Waals surface area contributed by atoms with Crippen LogP contribution in [-0.2, 0) is 17.2 Å². The molecule has 0 saturated carbocycles. The van der Waals surface area contributed by atoms with E-state index in [9.17, 15) is 4.79 Å². The SMILES string of the molecule is CC(SCc1ccc(CO)cc1)C(=O)N1CCCCC1. The zero-order chi connectivity index (χ0) is 14.4. The highest BCUT2D eigenvalue weighted by Crippen LogP contribution is 2.21. The normalized spacial score (nSPS) is 17.0. The van der Waals surface area contributed by atoms with E-state index in [2.05, 4.69) is 0 Å². The first-order valence-electron chi connectivity index (χ1n) is 7.30. The van der Waals surface area contributed by atoms with Crippen LogP contribution in [0.15, 0.2) is 24.3 Å². The molecule has 3 nitrogen and oxygen atoms in total. The lowest BCUT2D eigenvalue weighted by atomic mass is 10.1. The molecule has 0 aromatic heterocycles. The molecular formula is C16H23NO2S. The van der Waals surface area contributed by atoms with E-state index in [1.807, 2.05) is 36.1 Å². The molecule has 1 fully saturated rings. The third-order valence-electron chi connectivity index (χ3n) is 3.72. The van der Waals surface area contributed by atoms with Crippen LogP contribution in [0.3, 0.4) is 0 Å². The fourth-order valence-corrected chi connectivity index (χ4v) is 3.33. The number of aliphatic hydroxyl groups is 1. The first kappa shape index (κ1) is 15.4. The van der Waals surface area contributed by atoms with Gasteiger partial charge in [-0.15, -0.1) is 11.8 Å². The van der Waals surface area contributed by atoms with Gasteiger partial charge in [0, 0.05) is 18.8 Å². The van der Waals surface area contributed by atoms with Crippen LogP contribution < -0.4 is 0 Å². The Morgan fingerprint density at radius 3 is 2.40 bits per heavy atom. The highest BCUT2D eigenvalue weighted by Gasteiger charge is 2.22. The van der Waals surface area contributed by atoms with Crippen LogP contribution in [0.5, 0.6) is 0 Å². The molecule has 0 aliphatic carbocycles. The fraction of sp³-hybridized carbons (Fsp3) is 0.562. The van der Waals surface area contributed by atoms with E-state index in [-0.39, 0.29) is 17.8 Å². The number of thioether (sulfide) groups is 1. The van der Waals surface area contributed by atoms with E-state index >= 15 is 0 Å². The number of rotatable bonds is 5. The van der Waals surface area contributed by atoms with Crippen LogP contribution in [0.1, 0.15) is 37.3 Å². The summed E-state index contributed by atoms with van der Waals surface area (Å²) in [6, 6.07) is 7.92. The molecule has 0 radical (unpaired) electrons. The molecule has 2 rings (SSSR count). The maximum Gasteiger partial charge on any atom is 0.235 e. The van der Waals surface area contributed by atoms with Gasteiger partial charge in [0.2, 0.25) is 5.91 Å². The van der Waals surface area contributed by atoms with Gasteiger partial charge in [-0.3, -0.25) is 4.79 Å². The maximum atomic E-state index is 12.3. The molecule has 1 aliphatic heterocycles. The summed E-state index contributed by atoms with van der Waals surface area (Å²) >= 11 is 1.69. The lowest BCUT2D eigenvalue weighted by Gasteiger charge is -2.29. The fourth-order valence-electron chi connectivity index (χ4n) is 2.40. The minimum absolute atomic E-state index is 0.0191. The summed E-state index contributed by atoms with van der Waals surface area (Å²) in [6.07, 6.45) is 3.54. The zero-order valence-electron chi connectivity index (χ0n) is 12.0. The summed E-state index contributed by atoms with van der Waals surface area (Å²) in [5.74, 6) is 1.12. The zero-order valence-corrected chi connectivity index (χ0v) is 12.9. The molecule has 1 saturated heterocycles. The number of hydrogen-bond acceptors (Lipinski definition) is 3. The smallest absolute Gasteiger partial charge is 0.235 e. The number of piperidine rings is 1. The molecule has 1 N–H and O–H groups in total. The topological polar surface area (TPSA) is 40.5 Å². The Morgan fingerprint density at radius 1 is 1.20 bits per heavy atom. The minimum atomic E-state index is 0.0191. The molecule has 110 valence electrons. The highest BCUT2D eigenvalue weighted by atomic mass is 32.2. The van der Waals surface area contributed by atoms with Gasteiger partial charge in [0.15, 0.2) is 0 Å². The molecule has 0 spiro atoms. The summed E-state index contributed by atoms with van der Waals surface area (Å²) in [5.41, 5.74) is 2.13. The Kier molecular flexibility index (Phi) is 5.92. The number of carbonyl (C=O) groups excluding carboxylic acids is 1. The van der Waals surface area contributed by atoms with E-state index < -0.39 is 0 Å². The average molecular weight is 293 g/mol. The molecule has 20 heavy (non-hydrogen) atoms. The number of benzene rings is 1. The van der Waals surface area contributed by atoms with Crippen LogP contribution in [0.4, 0.5) is 0 Å². The molecule has 1 aromatic rings. The van der Waals surface area contributed by atoms with Gasteiger partial charge in [-0.05, 0) is 37.3 Å². The van der Waals surface area contributed by atoms with E-state index in [1.54, 1.807) is 11.8 Å². The van der Waals surface area contributed by atoms with Gasteiger partial charge in [-0.25, -0.2) is 0 Å². The predicted molar refractivity (Wildman–Crippen MR) is 83.6 cm³/mol. The van der Waals surface area contributed by atoms with Gasteiger partial charge in [-0.2, -0.15) is 0 Å². The highest BCUT2D eigenvalue weighted by molar-refractivity contribution is 7.99. The molecule has 0 bridgehead atoms. The van der Waals surface area contributed by atoms with Crippen molar-refractivity contribution in [2.45, 2.75) is 43.8 Å². The van der Waals surface area contributed by atoms with Gasteiger partial charge in [0.05, 0.1) is 11.9 Å². The number of hydrogen-bond donors (Lipinski definition) is 1. The molecular weight excluding hydrogens is 270 g/mol. The van der Waals surface area contributed by atoms with Crippen LogP contribution in [0.25, 0.3) is 0 Å². The number of amides is 1. The van der Waals surface area contributed by atoms with Crippen molar-refractivity contribution in [2.75, 3.05) is 13.1 Å². The quantitative estimate of drug-likeness (QED) is 0.907. The summed E-state index contributed by atoms with van der Waals surface area (Å²) < 4.78 is 0. The average Bonchev–Trinajstić information content (AvgIpc) is 2.53. The van der Waals surface area contributed by atoms with Crippen molar-refractivity contribution in [3.05, 3.63) is 35.4 Å². The first-order chi connectivity index (χ1) is 9.70. The number of aliphatic hydroxyl groups excluding tert-OH is 1. The summed E-state index contributed by atoms with van der Waals surface area (Å²) in [6.45, 7) is 3.94. The van der Waals surface area contributed by atoms with Crippen LogP contribution in [0, 0.1) is 0 Å². The molecule has 4 heteroatoms. The second-order valence-corrected chi connectivity index (χ2v) is 6.64. The Bertz CT molecular complexity index is 427. The van der Waals surface area contributed by atoms with Crippen molar-refractivity contribution < 1.29 is 9.90 Å². The molecule has 1 atom stereocenters. The Hall–Kier alpha value is -1.00. The van der Waals surface area contributed by atoms with Crippen molar-refractivity contribution in [3.63, 3.8) is 0 Å². The maximum absolute atomic E-state index is 12.3. The lowest BCUT2D eigenvalue weighted by Crippen LogP contribution is -2.40. The van der Waals surface area contributed by atoms with Crippen LogP contribution in [-0.4, -0.2) is 34.3 Å². The van der Waals surface area contributed by atoms with Crippen molar-refractivity contribution in [1.29, 1.82) is 0 Å². The number of nitrogens with zero attached hydrogens (tertiary/aromatic N) is 1. The third kappa shape index (κ3) is 4.25. The summed E-state index contributed by atoms with van der Waals surface area (Å²) in [7, 11) is 0. The van der Waals surface area contributed by atoms with E-state index in [0.29, 0.717) is 0 Å². The van der Waals surface area contributed by atoms with Crippen molar-refractivity contribution >= 4 is 17.7 Å².